The second-order valence-electron chi connectivity index (χ2n) is 8.21. The molecule has 1 saturated heterocycles. The molecule has 0 radical (unpaired) electrons. The maximum atomic E-state index is 13.2. The number of aromatic nitrogens is 4. The number of fused-ring (bicyclic) bond motifs is 3. The number of para-hydroxylation sites is 1. The van der Waals surface area contributed by atoms with Crippen LogP contribution in [0, 0.1) is 5.82 Å². The van der Waals surface area contributed by atoms with Crippen LogP contribution in [0.1, 0.15) is 34.9 Å². The minimum atomic E-state index is -0.340. The minimum absolute atomic E-state index is 0.0702. The summed E-state index contributed by atoms with van der Waals surface area (Å²) >= 11 is 0. The monoisotopic (exact) mass is 416 g/mol. The predicted molar refractivity (Wildman–Crippen MR) is 115 cm³/mol. The van der Waals surface area contributed by atoms with Crippen molar-refractivity contribution < 1.29 is 9.18 Å². The molecule has 156 valence electrons. The van der Waals surface area contributed by atoms with E-state index in [2.05, 4.69) is 19.5 Å². The van der Waals surface area contributed by atoms with Crippen molar-refractivity contribution in [3.05, 3.63) is 65.7 Å². The fourth-order valence-corrected chi connectivity index (χ4v) is 4.29. The molecule has 0 bridgehead atoms. The zero-order valence-corrected chi connectivity index (χ0v) is 16.9. The van der Waals surface area contributed by atoms with Crippen LogP contribution in [-0.4, -0.2) is 56.6 Å². The number of carbonyl (C=O) groups is 1. The standard InChI is InChI=1S/C23H21FN6O/c24-17-9-7-16(8-10-17)22(31)28-11-13-29(14-12-28)23-25-19-4-2-1-3-18(19)21-27-26-20(30(21)23)15-5-6-15/h1-4,7-10,15H,5-6,11-14H2. The van der Waals surface area contributed by atoms with Gasteiger partial charge in [-0.15, -0.1) is 10.2 Å². The summed E-state index contributed by atoms with van der Waals surface area (Å²) in [4.78, 5) is 21.8. The molecule has 2 aromatic heterocycles. The number of piperazine rings is 1. The van der Waals surface area contributed by atoms with E-state index in [1.165, 1.54) is 24.3 Å². The summed E-state index contributed by atoms with van der Waals surface area (Å²) in [7, 11) is 0. The van der Waals surface area contributed by atoms with Gasteiger partial charge in [0, 0.05) is 43.0 Å². The van der Waals surface area contributed by atoms with Crippen molar-refractivity contribution in [1.29, 1.82) is 0 Å². The number of anilines is 1. The van der Waals surface area contributed by atoms with Crippen LogP contribution in [0.5, 0.6) is 0 Å². The fraction of sp³-hybridized carbons (Fsp3) is 0.304. The number of amides is 1. The van der Waals surface area contributed by atoms with Crippen LogP contribution >= 0.6 is 0 Å². The van der Waals surface area contributed by atoms with Crippen LogP contribution in [0.25, 0.3) is 16.6 Å². The molecule has 2 fully saturated rings. The highest BCUT2D eigenvalue weighted by Crippen LogP contribution is 2.40. The highest BCUT2D eigenvalue weighted by atomic mass is 19.1. The number of halogens is 1. The molecule has 1 saturated carbocycles. The summed E-state index contributed by atoms with van der Waals surface area (Å²) in [6, 6.07) is 13.7. The maximum Gasteiger partial charge on any atom is 0.253 e. The first-order chi connectivity index (χ1) is 15.2. The topological polar surface area (TPSA) is 66.6 Å². The van der Waals surface area contributed by atoms with Crippen molar-refractivity contribution in [3.63, 3.8) is 0 Å². The van der Waals surface area contributed by atoms with E-state index in [4.69, 9.17) is 4.98 Å². The molecule has 0 unspecified atom stereocenters. The third-order valence-electron chi connectivity index (χ3n) is 6.14. The lowest BCUT2D eigenvalue weighted by atomic mass is 10.2. The normalized spacial score (nSPS) is 16.9. The van der Waals surface area contributed by atoms with Crippen molar-refractivity contribution in [2.45, 2.75) is 18.8 Å². The van der Waals surface area contributed by atoms with Crippen LogP contribution < -0.4 is 4.90 Å². The smallest absolute Gasteiger partial charge is 0.253 e. The Morgan fingerprint density at radius 2 is 1.68 bits per heavy atom. The summed E-state index contributed by atoms with van der Waals surface area (Å²) in [6.45, 7) is 2.48. The summed E-state index contributed by atoms with van der Waals surface area (Å²) in [5.74, 6) is 1.85. The molecule has 2 aromatic carbocycles. The molecule has 1 aliphatic carbocycles. The van der Waals surface area contributed by atoms with Gasteiger partial charge in [-0.3, -0.25) is 4.79 Å². The van der Waals surface area contributed by atoms with Gasteiger partial charge >= 0.3 is 0 Å². The number of hydrogen-bond acceptors (Lipinski definition) is 5. The quantitative estimate of drug-likeness (QED) is 0.513. The number of rotatable bonds is 3. The molecule has 6 rings (SSSR count). The van der Waals surface area contributed by atoms with Gasteiger partial charge in [0.15, 0.2) is 5.65 Å². The van der Waals surface area contributed by atoms with E-state index in [1.807, 2.05) is 29.2 Å². The predicted octanol–water partition coefficient (Wildman–Crippen LogP) is 3.26. The molecule has 1 aliphatic heterocycles. The molecule has 4 aromatic rings. The molecule has 0 spiro atoms. The first-order valence-electron chi connectivity index (χ1n) is 10.6. The van der Waals surface area contributed by atoms with E-state index in [9.17, 15) is 9.18 Å². The van der Waals surface area contributed by atoms with Crippen molar-refractivity contribution in [3.8, 4) is 0 Å². The van der Waals surface area contributed by atoms with Gasteiger partial charge in [-0.05, 0) is 49.2 Å². The van der Waals surface area contributed by atoms with Crippen LogP contribution in [0.15, 0.2) is 48.5 Å². The Bertz CT molecular complexity index is 1290. The van der Waals surface area contributed by atoms with E-state index in [-0.39, 0.29) is 11.7 Å². The summed E-state index contributed by atoms with van der Waals surface area (Å²) in [5, 5.41) is 10.0. The van der Waals surface area contributed by atoms with Crippen LogP contribution in [0.2, 0.25) is 0 Å². The fourth-order valence-electron chi connectivity index (χ4n) is 4.29. The SMILES string of the molecule is O=C(c1ccc(F)cc1)N1CCN(c2nc3ccccc3c3nnc(C4CC4)n23)CC1. The maximum absolute atomic E-state index is 13.2. The average Bonchev–Trinajstić information content (AvgIpc) is 3.56. The average molecular weight is 416 g/mol. The van der Waals surface area contributed by atoms with E-state index >= 15 is 0 Å². The van der Waals surface area contributed by atoms with E-state index in [0.29, 0.717) is 37.7 Å². The first-order valence-corrected chi connectivity index (χ1v) is 10.6. The Labute approximate surface area is 178 Å². The molecule has 2 aliphatic rings. The van der Waals surface area contributed by atoms with Crippen molar-refractivity contribution in [2.75, 3.05) is 31.1 Å². The van der Waals surface area contributed by atoms with Gasteiger partial charge in [0.2, 0.25) is 5.95 Å². The Kier molecular flexibility index (Phi) is 4.12. The van der Waals surface area contributed by atoms with Gasteiger partial charge in [0.25, 0.3) is 5.91 Å². The highest BCUT2D eigenvalue weighted by molar-refractivity contribution is 5.94. The second-order valence-corrected chi connectivity index (χ2v) is 8.21. The molecule has 31 heavy (non-hydrogen) atoms. The van der Waals surface area contributed by atoms with Gasteiger partial charge in [0.05, 0.1) is 5.52 Å². The lowest BCUT2D eigenvalue weighted by molar-refractivity contribution is 0.0746. The molecule has 1 amide bonds. The second kappa shape index (κ2) is 7.01. The van der Waals surface area contributed by atoms with Crippen molar-refractivity contribution >= 4 is 28.4 Å². The van der Waals surface area contributed by atoms with Crippen LogP contribution in [-0.2, 0) is 0 Å². The zero-order chi connectivity index (χ0) is 20.9. The Morgan fingerprint density at radius 1 is 0.935 bits per heavy atom. The zero-order valence-electron chi connectivity index (χ0n) is 16.9. The Hall–Kier alpha value is -3.55. The van der Waals surface area contributed by atoms with Gasteiger partial charge in [-0.25, -0.2) is 13.8 Å². The van der Waals surface area contributed by atoms with Crippen molar-refractivity contribution in [1.82, 2.24) is 24.5 Å². The Balaban J connectivity index is 1.32. The number of nitrogens with zero attached hydrogens (tertiary/aromatic N) is 6. The third kappa shape index (κ3) is 3.10. The van der Waals surface area contributed by atoms with Gasteiger partial charge in [0.1, 0.15) is 11.6 Å². The van der Waals surface area contributed by atoms with Gasteiger partial charge in [-0.2, -0.15) is 0 Å². The lowest BCUT2D eigenvalue weighted by Gasteiger charge is -2.35. The molecule has 0 N–H and O–H groups in total. The third-order valence-corrected chi connectivity index (χ3v) is 6.14. The lowest BCUT2D eigenvalue weighted by Crippen LogP contribution is -2.49. The van der Waals surface area contributed by atoms with Crippen molar-refractivity contribution in [2.24, 2.45) is 0 Å². The first kappa shape index (κ1) is 18.2. The van der Waals surface area contributed by atoms with Gasteiger partial charge in [-0.1, -0.05) is 12.1 Å². The molecular formula is C23H21FN6O. The van der Waals surface area contributed by atoms with Gasteiger partial charge < -0.3 is 9.80 Å². The number of benzene rings is 2. The molecule has 3 heterocycles. The number of carbonyl (C=O) groups excluding carboxylic acids is 1. The largest absolute Gasteiger partial charge is 0.338 e. The molecule has 7 nitrogen and oxygen atoms in total. The van der Waals surface area contributed by atoms with E-state index in [1.54, 1.807) is 0 Å². The summed E-state index contributed by atoms with van der Waals surface area (Å²) in [5.41, 5.74) is 2.24. The molecular weight excluding hydrogens is 395 g/mol. The van der Waals surface area contributed by atoms with E-state index < -0.39 is 0 Å². The number of hydrogen-bond donors (Lipinski definition) is 0. The Morgan fingerprint density at radius 3 is 2.42 bits per heavy atom. The highest BCUT2D eigenvalue weighted by Gasteiger charge is 2.32. The summed E-state index contributed by atoms with van der Waals surface area (Å²) < 4.78 is 15.3. The summed E-state index contributed by atoms with van der Waals surface area (Å²) in [6.07, 6.45) is 2.26. The van der Waals surface area contributed by atoms with Crippen LogP contribution in [0.4, 0.5) is 10.3 Å². The van der Waals surface area contributed by atoms with E-state index in [0.717, 1.165) is 41.2 Å². The molecule has 8 heteroatoms. The molecule has 0 atom stereocenters. The minimum Gasteiger partial charge on any atom is -0.338 e. The van der Waals surface area contributed by atoms with Crippen LogP contribution in [0.3, 0.4) is 0 Å².